The average Bonchev–Trinajstić information content (AvgIpc) is 2.71. The average molecular weight is 294 g/mol. The van der Waals surface area contributed by atoms with Crippen molar-refractivity contribution in [3.05, 3.63) is 22.7 Å². The number of nitrogens with two attached hydrogens (primary N) is 1. The van der Waals surface area contributed by atoms with Crippen LogP contribution in [0.25, 0.3) is 11.3 Å². The molecule has 1 aliphatic heterocycles. The van der Waals surface area contributed by atoms with Crippen molar-refractivity contribution < 1.29 is 9.47 Å². The highest BCUT2D eigenvalue weighted by molar-refractivity contribution is 6.33. The molecule has 2 aromatic rings. The van der Waals surface area contributed by atoms with Crippen LogP contribution in [-0.2, 0) is 6.42 Å². The van der Waals surface area contributed by atoms with E-state index in [1.165, 1.54) is 0 Å². The monoisotopic (exact) mass is 293 g/mol. The van der Waals surface area contributed by atoms with E-state index in [-0.39, 0.29) is 0 Å². The Morgan fingerprint density at radius 1 is 1.35 bits per heavy atom. The van der Waals surface area contributed by atoms with Crippen molar-refractivity contribution in [2.45, 2.75) is 19.8 Å². The highest BCUT2D eigenvalue weighted by atomic mass is 35.5. The van der Waals surface area contributed by atoms with Crippen LogP contribution >= 0.6 is 11.6 Å². The highest BCUT2D eigenvalue weighted by Gasteiger charge is 2.22. The summed E-state index contributed by atoms with van der Waals surface area (Å²) >= 11 is 6.42. The van der Waals surface area contributed by atoms with E-state index < -0.39 is 0 Å². The molecule has 0 spiro atoms. The molecule has 106 valence electrons. The van der Waals surface area contributed by atoms with Gasteiger partial charge in [0.2, 0.25) is 0 Å². The van der Waals surface area contributed by atoms with Crippen LogP contribution in [0.3, 0.4) is 0 Å². The van der Waals surface area contributed by atoms with Gasteiger partial charge in [0, 0.05) is 29.7 Å². The Labute approximate surface area is 122 Å². The molecule has 3 rings (SSSR count). The molecule has 1 aliphatic rings. The van der Waals surface area contributed by atoms with E-state index in [2.05, 4.69) is 17.1 Å². The van der Waals surface area contributed by atoms with Crippen LogP contribution in [0.5, 0.6) is 11.5 Å². The minimum Gasteiger partial charge on any atom is -0.489 e. The van der Waals surface area contributed by atoms with Crippen molar-refractivity contribution in [1.82, 2.24) is 10.2 Å². The van der Waals surface area contributed by atoms with Crippen molar-refractivity contribution in [2.24, 2.45) is 0 Å². The number of aromatic nitrogens is 2. The third kappa shape index (κ3) is 2.18. The first kappa shape index (κ1) is 13.1. The van der Waals surface area contributed by atoms with Crippen LogP contribution in [0, 0.1) is 0 Å². The van der Waals surface area contributed by atoms with Gasteiger partial charge >= 0.3 is 0 Å². The van der Waals surface area contributed by atoms with E-state index >= 15 is 0 Å². The molecule has 2 heterocycles. The van der Waals surface area contributed by atoms with E-state index in [4.69, 9.17) is 26.8 Å². The van der Waals surface area contributed by atoms with Crippen LogP contribution in [0.2, 0.25) is 5.02 Å². The highest BCUT2D eigenvalue weighted by Crippen LogP contribution is 2.44. The molecule has 3 N–H and O–H groups in total. The predicted molar refractivity (Wildman–Crippen MR) is 78.4 cm³/mol. The molecule has 0 fully saturated rings. The second kappa shape index (κ2) is 5.25. The standard InChI is InChI=1S/C14H16ClN3O2/c1-2-8-13(10-7-12(16)18-17-10)9(15)6-11-14(8)20-5-3-4-19-11/h6-7H,2-5H2,1H3,(H3,16,17,18). The smallest absolute Gasteiger partial charge is 0.165 e. The quantitative estimate of drug-likeness (QED) is 0.892. The summed E-state index contributed by atoms with van der Waals surface area (Å²) in [6, 6.07) is 3.57. The summed E-state index contributed by atoms with van der Waals surface area (Å²) in [4.78, 5) is 0. The minimum absolute atomic E-state index is 0.435. The van der Waals surface area contributed by atoms with E-state index in [9.17, 15) is 0 Å². The first-order valence-electron chi connectivity index (χ1n) is 6.63. The van der Waals surface area contributed by atoms with Crippen LogP contribution < -0.4 is 15.2 Å². The number of anilines is 1. The molecule has 5 nitrogen and oxygen atoms in total. The summed E-state index contributed by atoms with van der Waals surface area (Å²) in [7, 11) is 0. The number of ether oxygens (including phenoxy) is 2. The van der Waals surface area contributed by atoms with Crippen molar-refractivity contribution in [1.29, 1.82) is 0 Å². The Bertz CT molecular complexity index is 640. The molecule has 0 saturated heterocycles. The number of hydrogen-bond acceptors (Lipinski definition) is 4. The number of hydrogen-bond donors (Lipinski definition) is 2. The molecule has 6 heteroatoms. The van der Waals surface area contributed by atoms with Crippen molar-refractivity contribution in [2.75, 3.05) is 18.9 Å². The molecule has 1 aromatic carbocycles. The summed E-state index contributed by atoms with van der Waals surface area (Å²) in [6.45, 7) is 3.35. The van der Waals surface area contributed by atoms with Gasteiger partial charge < -0.3 is 15.2 Å². The van der Waals surface area contributed by atoms with Gasteiger partial charge in [-0.2, -0.15) is 5.10 Å². The predicted octanol–water partition coefficient (Wildman–Crippen LogP) is 3.04. The number of fused-ring (bicyclic) bond motifs is 1. The largest absolute Gasteiger partial charge is 0.489 e. The normalized spacial score (nSPS) is 14.1. The fourth-order valence-electron chi connectivity index (χ4n) is 2.43. The second-order valence-corrected chi connectivity index (χ2v) is 5.06. The lowest BCUT2D eigenvalue weighted by atomic mass is 10.0. The summed E-state index contributed by atoms with van der Waals surface area (Å²) in [5.41, 5.74) is 8.36. The lowest BCUT2D eigenvalue weighted by Gasteiger charge is -2.16. The van der Waals surface area contributed by atoms with Gasteiger partial charge in [0.25, 0.3) is 0 Å². The zero-order valence-electron chi connectivity index (χ0n) is 11.2. The first-order chi connectivity index (χ1) is 9.70. The number of nitrogen functional groups attached to an aromatic ring is 1. The second-order valence-electron chi connectivity index (χ2n) is 4.65. The molecule has 0 bridgehead atoms. The number of H-pyrrole nitrogens is 1. The van der Waals surface area contributed by atoms with Crippen LogP contribution in [-0.4, -0.2) is 23.4 Å². The van der Waals surface area contributed by atoms with Gasteiger partial charge in [-0.3, -0.25) is 5.10 Å². The molecular formula is C14H16ClN3O2. The minimum atomic E-state index is 0.435. The van der Waals surface area contributed by atoms with Crippen molar-refractivity contribution in [3.8, 4) is 22.8 Å². The van der Waals surface area contributed by atoms with E-state index in [0.29, 0.717) is 29.8 Å². The topological polar surface area (TPSA) is 73.2 Å². The molecule has 0 aliphatic carbocycles. The Morgan fingerprint density at radius 3 is 2.85 bits per heavy atom. The van der Waals surface area contributed by atoms with E-state index in [1.807, 2.05) is 0 Å². The number of nitrogens with one attached hydrogen (secondary N) is 1. The van der Waals surface area contributed by atoms with Gasteiger partial charge in [0.05, 0.1) is 23.9 Å². The van der Waals surface area contributed by atoms with E-state index in [0.717, 1.165) is 35.4 Å². The van der Waals surface area contributed by atoms with Crippen LogP contribution in [0.1, 0.15) is 18.9 Å². The zero-order chi connectivity index (χ0) is 14.1. The fourth-order valence-corrected chi connectivity index (χ4v) is 2.75. The Morgan fingerprint density at radius 2 is 2.15 bits per heavy atom. The van der Waals surface area contributed by atoms with Gasteiger partial charge in [-0.1, -0.05) is 18.5 Å². The number of benzene rings is 1. The van der Waals surface area contributed by atoms with Crippen molar-refractivity contribution in [3.63, 3.8) is 0 Å². The van der Waals surface area contributed by atoms with Gasteiger partial charge in [0.15, 0.2) is 11.5 Å². The van der Waals surface area contributed by atoms with Gasteiger partial charge in [-0.25, -0.2) is 0 Å². The maximum atomic E-state index is 6.42. The number of rotatable bonds is 2. The summed E-state index contributed by atoms with van der Waals surface area (Å²) < 4.78 is 11.6. The van der Waals surface area contributed by atoms with Gasteiger partial charge in [-0.05, 0) is 6.42 Å². The van der Waals surface area contributed by atoms with Gasteiger partial charge in [-0.15, -0.1) is 0 Å². The molecule has 0 atom stereocenters. The van der Waals surface area contributed by atoms with Crippen LogP contribution in [0.4, 0.5) is 5.82 Å². The molecule has 0 amide bonds. The Hall–Kier alpha value is -1.88. The Kier molecular flexibility index (Phi) is 3.44. The third-order valence-electron chi connectivity index (χ3n) is 3.31. The van der Waals surface area contributed by atoms with Gasteiger partial charge in [0.1, 0.15) is 5.82 Å². The van der Waals surface area contributed by atoms with Crippen LogP contribution in [0.15, 0.2) is 12.1 Å². The zero-order valence-corrected chi connectivity index (χ0v) is 12.0. The number of aromatic amines is 1. The maximum absolute atomic E-state index is 6.42. The molecule has 0 radical (unpaired) electrons. The summed E-state index contributed by atoms with van der Waals surface area (Å²) in [5, 5.41) is 7.47. The lowest BCUT2D eigenvalue weighted by molar-refractivity contribution is 0.296. The maximum Gasteiger partial charge on any atom is 0.165 e. The summed E-state index contributed by atoms with van der Waals surface area (Å²) in [5.74, 6) is 1.92. The van der Waals surface area contributed by atoms with E-state index in [1.54, 1.807) is 12.1 Å². The molecule has 1 aromatic heterocycles. The molecule has 20 heavy (non-hydrogen) atoms. The summed E-state index contributed by atoms with van der Waals surface area (Å²) in [6.07, 6.45) is 1.64. The lowest BCUT2D eigenvalue weighted by Crippen LogP contribution is -2.00. The van der Waals surface area contributed by atoms with Crippen molar-refractivity contribution >= 4 is 17.4 Å². The fraction of sp³-hybridized carbons (Fsp3) is 0.357. The Balaban J connectivity index is 2.21. The third-order valence-corrected chi connectivity index (χ3v) is 3.61. The molecule has 0 unspecified atom stereocenters. The molecular weight excluding hydrogens is 278 g/mol. The number of halogens is 1. The first-order valence-corrected chi connectivity index (χ1v) is 7.00. The molecule has 0 saturated carbocycles. The number of nitrogens with zero attached hydrogens (tertiary/aromatic N) is 1. The SMILES string of the molecule is CCc1c2c(cc(Cl)c1-c1cc(N)n[nH]1)OCCCO2.